The van der Waals surface area contributed by atoms with Crippen LogP contribution in [0.25, 0.3) is 11.2 Å². The first-order valence-corrected chi connectivity index (χ1v) is 8.19. The SMILES string of the molecule is Cc1ccnc2c1nc(CCl)n2CCCC1CCCC1. The molecule has 1 aliphatic carbocycles. The predicted octanol–water partition coefficient (Wildman–Crippen LogP) is 4.45. The fourth-order valence-corrected chi connectivity index (χ4v) is 3.56. The summed E-state index contributed by atoms with van der Waals surface area (Å²) in [6.07, 6.45) is 10.1. The molecule has 2 aromatic rings. The highest BCUT2D eigenvalue weighted by atomic mass is 35.5. The van der Waals surface area contributed by atoms with E-state index in [0.717, 1.165) is 29.5 Å². The number of fused-ring (bicyclic) bond motifs is 1. The summed E-state index contributed by atoms with van der Waals surface area (Å²) < 4.78 is 2.21. The number of aromatic nitrogens is 3. The molecule has 0 amide bonds. The van der Waals surface area contributed by atoms with Gasteiger partial charge in [0.05, 0.1) is 5.88 Å². The van der Waals surface area contributed by atoms with Crippen LogP contribution in [-0.2, 0) is 12.4 Å². The monoisotopic (exact) mass is 291 g/mol. The Morgan fingerprint density at radius 1 is 1.35 bits per heavy atom. The summed E-state index contributed by atoms with van der Waals surface area (Å²) in [7, 11) is 0. The Balaban J connectivity index is 1.77. The second-order valence-electron chi connectivity index (χ2n) is 5.91. The fraction of sp³-hybridized carbons (Fsp3) is 0.625. The molecule has 1 saturated carbocycles. The quantitative estimate of drug-likeness (QED) is 0.762. The molecule has 0 N–H and O–H groups in total. The van der Waals surface area contributed by atoms with E-state index in [2.05, 4.69) is 21.5 Å². The Bertz CT molecular complexity index is 585. The smallest absolute Gasteiger partial charge is 0.160 e. The third-order valence-electron chi connectivity index (χ3n) is 4.50. The molecule has 0 aromatic carbocycles. The first-order chi connectivity index (χ1) is 9.79. The van der Waals surface area contributed by atoms with Crippen molar-refractivity contribution in [3.05, 3.63) is 23.7 Å². The number of hydrogen-bond acceptors (Lipinski definition) is 2. The van der Waals surface area contributed by atoms with Crippen LogP contribution >= 0.6 is 11.6 Å². The number of alkyl halides is 1. The highest BCUT2D eigenvalue weighted by Crippen LogP contribution is 2.29. The molecule has 1 aliphatic rings. The molecule has 0 aliphatic heterocycles. The summed E-state index contributed by atoms with van der Waals surface area (Å²) in [6.45, 7) is 3.07. The third-order valence-corrected chi connectivity index (χ3v) is 4.74. The molecule has 0 bridgehead atoms. The molecule has 0 atom stereocenters. The van der Waals surface area contributed by atoms with Gasteiger partial charge in [0.2, 0.25) is 0 Å². The first kappa shape index (κ1) is 13.9. The van der Waals surface area contributed by atoms with Crippen LogP contribution in [0.1, 0.15) is 49.9 Å². The highest BCUT2D eigenvalue weighted by molar-refractivity contribution is 6.16. The van der Waals surface area contributed by atoms with Crippen molar-refractivity contribution in [1.82, 2.24) is 14.5 Å². The van der Waals surface area contributed by atoms with Crippen LogP contribution in [0.5, 0.6) is 0 Å². The Hall–Kier alpha value is -1.09. The lowest BCUT2D eigenvalue weighted by molar-refractivity contribution is 0.458. The lowest BCUT2D eigenvalue weighted by Crippen LogP contribution is -2.05. The lowest BCUT2D eigenvalue weighted by Gasteiger charge is -2.10. The maximum atomic E-state index is 6.05. The van der Waals surface area contributed by atoms with E-state index in [4.69, 9.17) is 11.6 Å². The van der Waals surface area contributed by atoms with Gasteiger partial charge in [0.15, 0.2) is 5.65 Å². The molecule has 0 radical (unpaired) electrons. The topological polar surface area (TPSA) is 30.7 Å². The normalized spacial score (nSPS) is 16.3. The molecule has 3 nitrogen and oxygen atoms in total. The lowest BCUT2D eigenvalue weighted by atomic mass is 10.0. The first-order valence-electron chi connectivity index (χ1n) is 7.66. The Labute approximate surface area is 125 Å². The van der Waals surface area contributed by atoms with Gasteiger partial charge in [-0.3, -0.25) is 0 Å². The second-order valence-corrected chi connectivity index (χ2v) is 6.17. The summed E-state index contributed by atoms with van der Waals surface area (Å²) in [5, 5.41) is 0. The zero-order chi connectivity index (χ0) is 13.9. The molecule has 0 saturated heterocycles. The molecule has 0 spiro atoms. The van der Waals surface area contributed by atoms with Gasteiger partial charge in [-0.05, 0) is 37.3 Å². The van der Waals surface area contributed by atoms with E-state index in [-0.39, 0.29) is 0 Å². The van der Waals surface area contributed by atoms with E-state index in [1.54, 1.807) is 0 Å². The maximum absolute atomic E-state index is 6.05. The average molecular weight is 292 g/mol. The van der Waals surface area contributed by atoms with Gasteiger partial charge in [0, 0.05) is 12.7 Å². The number of hydrogen-bond donors (Lipinski definition) is 0. The zero-order valence-corrected chi connectivity index (χ0v) is 12.9. The minimum atomic E-state index is 0.458. The largest absolute Gasteiger partial charge is 0.312 e. The van der Waals surface area contributed by atoms with Crippen LogP contribution in [0, 0.1) is 12.8 Å². The molecule has 1 fully saturated rings. The minimum Gasteiger partial charge on any atom is -0.312 e. The summed E-state index contributed by atoms with van der Waals surface area (Å²) in [4.78, 5) is 9.15. The van der Waals surface area contributed by atoms with E-state index in [1.807, 2.05) is 12.3 Å². The minimum absolute atomic E-state index is 0.458. The number of nitrogens with zero attached hydrogens (tertiary/aromatic N) is 3. The van der Waals surface area contributed by atoms with E-state index in [0.29, 0.717) is 5.88 Å². The van der Waals surface area contributed by atoms with Crippen LogP contribution in [0.15, 0.2) is 12.3 Å². The van der Waals surface area contributed by atoms with E-state index >= 15 is 0 Å². The predicted molar refractivity (Wildman–Crippen MR) is 83.0 cm³/mol. The molecule has 108 valence electrons. The number of imidazole rings is 1. The van der Waals surface area contributed by atoms with Crippen molar-refractivity contribution < 1.29 is 0 Å². The van der Waals surface area contributed by atoms with Crippen molar-refractivity contribution in [2.75, 3.05) is 0 Å². The fourth-order valence-electron chi connectivity index (χ4n) is 3.36. The van der Waals surface area contributed by atoms with Gasteiger partial charge in [-0.2, -0.15) is 0 Å². The highest BCUT2D eigenvalue weighted by Gasteiger charge is 2.16. The van der Waals surface area contributed by atoms with Crippen LogP contribution in [-0.4, -0.2) is 14.5 Å². The van der Waals surface area contributed by atoms with Crippen LogP contribution in [0.4, 0.5) is 0 Å². The zero-order valence-electron chi connectivity index (χ0n) is 12.1. The number of halogens is 1. The number of aryl methyl sites for hydroxylation is 2. The summed E-state index contributed by atoms with van der Waals surface area (Å²) in [5.74, 6) is 2.35. The standard InChI is InChI=1S/C16H22ClN3/c1-12-8-9-18-16-15(12)19-14(11-17)20(16)10-4-7-13-5-2-3-6-13/h8-9,13H,2-7,10-11H2,1H3. The Morgan fingerprint density at radius 2 is 2.15 bits per heavy atom. The van der Waals surface area contributed by atoms with E-state index in [9.17, 15) is 0 Å². The Morgan fingerprint density at radius 3 is 2.90 bits per heavy atom. The molecule has 2 aromatic heterocycles. The van der Waals surface area contributed by atoms with Gasteiger partial charge in [-0.15, -0.1) is 11.6 Å². The van der Waals surface area contributed by atoms with Crippen molar-refractivity contribution in [1.29, 1.82) is 0 Å². The van der Waals surface area contributed by atoms with Gasteiger partial charge in [0.25, 0.3) is 0 Å². The van der Waals surface area contributed by atoms with Crippen LogP contribution < -0.4 is 0 Å². The van der Waals surface area contributed by atoms with Crippen molar-refractivity contribution in [3.8, 4) is 0 Å². The van der Waals surface area contributed by atoms with Crippen molar-refractivity contribution in [3.63, 3.8) is 0 Å². The molecule has 4 heteroatoms. The van der Waals surface area contributed by atoms with Crippen molar-refractivity contribution >= 4 is 22.8 Å². The molecule has 20 heavy (non-hydrogen) atoms. The van der Waals surface area contributed by atoms with Crippen LogP contribution in [0.3, 0.4) is 0 Å². The molecular weight excluding hydrogens is 270 g/mol. The Kier molecular flexibility index (Phi) is 4.25. The summed E-state index contributed by atoms with van der Waals surface area (Å²) >= 11 is 6.05. The van der Waals surface area contributed by atoms with Gasteiger partial charge in [0.1, 0.15) is 11.3 Å². The summed E-state index contributed by atoms with van der Waals surface area (Å²) in [6, 6.07) is 2.01. The van der Waals surface area contributed by atoms with Crippen LogP contribution in [0.2, 0.25) is 0 Å². The van der Waals surface area contributed by atoms with Gasteiger partial charge >= 0.3 is 0 Å². The summed E-state index contributed by atoms with van der Waals surface area (Å²) in [5.41, 5.74) is 3.17. The van der Waals surface area contributed by atoms with Gasteiger partial charge in [-0.25, -0.2) is 9.97 Å². The van der Waals surface area contributed by atoms with Gasteiger partial charge in [-0.1, -0.05) is 25.7 Å². The number of pyridine rings is 1. The second kappa shape index (κ2) is 6.13. The number of rotatable bonds is 5. The molecule has 2 heterocycles. The molecular formula is C16H22ClN3. The third kappa shape index (κ3) is 2.69. The van der Waals surface area contributed by atoms with E-state index < -0.39 is 0 Å². The molecule has 0 unspecified atom stereocenters. The van der Waals surface area contributed by atoms with Crippen molar-refractivity contribution in [2.45, 2.75) is 57.9 Å². The van der Waals surface area contributed by atoms with Gasteiger partial charge < -0.3 is 4.57 Å². The molecule has 3 rings (SSSR count). The maximum Gasteiger partial charge on any atom is 0.160 e. The van der Waals surface area contributed by atoms with E-state index in [1.165, 1.54) is 44.1 Å². The average Bonchev–Trinajstić information content (AvgIpc) is 3.08. The van der Waals surface area contributed by atoms with Crippen molar-refractivity contribution in [2.24, 2.45) is 5.92 Å².